The molecule has 0 spiro atoms. The van der Waals surface area contributed by atoms with Crippen LogP contribution in [0.4, 0.5) is 16.4 Å². The van der Waals surface area contributed by atoms with Crippen LogP contribution in [-0.2, 0) is 0 Å². The summed E-state index contributed by atoms with van der Waals surface area (Å²) in [6, 6.07) is 3.52. The maximum absolute atomic E-state index is 11.6. The standard InChI is InChI=1S/C14H24N6O/c1-4-19-7-9-20(10-8-19)13-6-5-12(17-18-13)16-14(21)15-11(2)3/h5-6,11H,4,7-10H2,1-3H3,(H2,15,16,17,21). The van der Waals surface area contributed by atoms with E-state index in [1.165, 1.54) is 0 Å². The van der Waals surface area contributed by atoms with Crippen molar-refractivity contribution in [1.82, 2.24) is 20.4 Å². The highest BCUT2D eigenvalue weighted by atomic mass is 16.2. The number of carbonyl (C=O) groups is 1. The lowest BCUT2D eigenvalue weighted by Crippen LogP contribution is -2.46. The second kappa shape index (κ2) is 7.21. The van der Waals surface area contributed by atoms with Crippen LogP contribution in [0.1, 0.15) is 20.8 Å². The van der Waals surface area contributed by atoms with E-state index in [1.54, 1.807) is 6.07 Å². The van der Waals surface area contributed by atoms with Crippen LogP contribution >= 0.6 is 0 Å². The first kappa shape index (κ1) is 15.5. The second-order valence-corrected chi connectivity index (χ2v) is 5.45. The van der Waals surface area contributed by atoms with E-state index in [2.05, 4.69) is 37.6 Å². The predicted octanol–water partition coefficient (Wildman–Crippen LogP) is 1.15. The summed E-state index contributed by atoms with van der Waals surface area (Å²) in [6.45, 7) is 11.1. The lowest BCUT2D eigenvalue weighted by Gasteiger charge is -2.34. The topological polar surface area (TPSA) is 73.4 Å². The molecule has 2 heterocycles. The molecule has 1 aromatic rings. The highest BCUT2D eigenvalue weighted by Gasteiger charge is 2.17. The van der Waals surface area contributed by atoms with E-state index in [-0.39, 0.29) is 12.1 Å². The Morgan fingerprint density at radius 2 is 1.95 bits per heavy atom. The lowest BCUT2D eigenvalue weighted by atomic mass is 10.3. The van der Waals surface area contributed by atoms with Crippen molar-refractivity contribution >= 4 is 17.7 Å². The Kier molecular flexibility index (Phi) is 5.32. The number of nitrogens with one attached hydrogen (secondary N) is 2. The molecule has 0 aliphatic carbocycles. The van der Waals surface area contributed by atoms with Gasteiger partial charge in [0.2, 0.25) is 0 Å². The summed E-state index contributed by atoms with van der Waals surface area (Å²) in [5, 5.41) is 13.7. The lowest BCUT2D eigenvalue weighted by molar-refractivity contribution is 0.250. The van der Waals surface area contributed by atoms with Gasteiger partial charge >= 0.3 is 6.03 Å². The van der Waals surface area contributed by atoms with Gasteiger partial charge in [0.05, 0.1) is 0 Å². The van der Waals surface area contributed by atoms with E-state index >= 15 is 0 Å². The maximum atomic E-state index is 11.6. The summed E-state index contributed by atoms with van der Waals surface area (Å²) < 4.78 is 0. The zero-order valence-electron chi connectivity index (χ0n) is 13.0. The number of anilines is 2. The third kappa shape index (κ3) is 4.56. The summed E-state index contributed by atoms with van der Waals surface area (Å²) in [5.41, 5.74) is 0. The van der Waals surface area contributed by atoms with Gasteiger partial charge in [-0.25, -0.2) is 4.79 Å². The van der Waals surface area contributed by atoms with Crippen molar-refractivity contribution in [2.75, 3.05) is 42.9 Å². The zero-order chi connectivity index (χ0) is 15.2. The van der Waals surface area contributed by atoms with Gasteiger partial charge in [-0.3, -0.25) is 5.32 Å². The number of hydrogen-bond acceptors (Lipinski definition) is 5. The van der Waals surface area contributed by atoms with Crippen LogP contribution in [0.15, 0.2) is 12.1 Å². The monoisotopic (exact) mass is 292 g/mol. The first-order valence-corrected chi connectivity index (χ1v) is 7.47. The molecule has 1 aliphatic rings. The van der Waals surface area contributed by atoms with Crippen molar-refractivity contribution in [1.29, 1.82) is 0 Å². The molecule has 7 heteroatoms. The van der Waals surface area contributed by atoms with Gasteiger partial charge in [-0.15, -0.1) is 10.2 Å². The van der Waals surface area contributed by atoms with Crippen LogP contribution < -0.4 is 15.5 Å². The van der Waals surface area contributed by atoms with E-state index in [0.717, 1.165) is 38.5 Å². The average molecular weight is 292 g/mol. The molecule has 1 saturated heterocycles. The van der Waals surface area contributed by atoms with Gasteiger partial charge in [-0.05, 0) is 32.5 Å². The van der Waals surface area contributed by atoms with Crippen molar-refractivity contribution in [3.63, 3.8) is 0 Å². The molecule has 0 atom stereocenters. The highest BCUT2D eigenvalue weighted by Crippen LogP contribution is 2.14. The van der Waals surface area contributed by atoms with Crippen LogP contribution in [0.2, 0.25) is 0 Å². The number of amides is 2. The minimum atomic E-state index is -0.261. The third-order valence-electron chi connectivity index (χ3n) is 3.46. The fraction of sp³-hybridized carbons (Fsp3) is 0.643. The normalized spacial score (nSPS) is 16.1. The molecule has 2 N–H and O–H groups in total. The molecule has 1 aliphatic heterocycles. The second-order valence-electron chi connectivity index (χ2n) is 5.45. The van der Waals surface area contributed by atoms with Crippen molar-refractivity contribution in [3.05, 3.63) is 12.1 Å². The summed E-state index contributed by atoms with van der Waals surface area (Å²) in [4.78, 5) is 16.2. The zero-order valence-corrected chi connectivity index (χ0v) is 13.0. The Labute approximate surface area is 125 Å². The number of rotatable bonds is 4. The Morgan fingerprint density at radius 1 is 1.24 bits per heavy atom. The van der Waals surface area contributed by atoms with Gasteiger partial charge in [0, 0.05) is 32.2 Å². The molecule has 0 unspecified atom stereocenters. The molecule has 7 nitrogen and oxygen atoms in total. The van der Waals surface area contributed by atoms with Gasteiger partial charge < -0.3 is 15.1 Å². The van der Waals surface area contributed by atoms with E-state index in [0.29, 0.717) is 5.82 Å². The van der Waals surface area contributed by atoms with Crippen LogP contribution in [0.5, 0.6) is 0 Å². The Morgan fingerprint density at radius 3 is 2.48 bits per heavy atom. The Balaban J connectivity index is 1.89. The quantitative estimate of drug-likeness (QED) is 0.871. The molecule has 0 saturated carbocycles. The number of likely N-dealkylation sites (N-methyl/N-ethyl adjacent to an activating group) is 1. The number of aromatic nitrogens is 2. The molecule has 2 amide bonds. The first-order chi connectivity index (χ1) is 10.1. The van der Waals surface area contributed by atoms with E-state index in [9.17, 15) is 4.79 Å². The molecular weight excluding hydrogens is 268 g/mol. The predicted molar refractivity (Wildman–Crippen MR) is 83.6 cm³/mol. The maximum Gasteiger partial charge on any atom is 0.320 e. The molecular formula is C14H24N6O. The molecule has 0 aromatic carbocycles. The fourth-order valence-electron chi connectivity index (χ4n) is 2.27. The van der Waals surface area contributed by atoms with Gasteiger partial charge in [0.1, 0.15) is 0 Å². The van der Waals surface area contributed by atoms with Gasteiger partial charge in [0.15, 0.2) is 11.6 Å². The van der Waals surface area contributed by atoms with E-state index in [4.69, 9.17) is 0 Å². The number of nitrogens with zero attached hydrogens (tertiary/aromatic N) is 4. The number of hydrogen-bond donors (Lipinski definition) is 2. The van der Waals surface area contributed by atoms with Crippen LogP contribution in [0.25, 0.3) is 0 Å². The number of urea groups is 1. The van der Waals surface area contributed by atoms with E-state index < -0.39 is 0 Å². The average Bonchev–Trinajstić information content (AvgIpc) is 2.47. The molecule has 2 rings (SSSR count). The fourth-order valence-corrected chi connectivity index (χ4v) is 2.27. The van der Waals surface area contributed by atoms with Crippen LogP contribution in [-0.4, -0.2) is 59.9 Å². The van der Waals surface area contributed by atoms with Gasteiger partial charge in [-0.1, -0.05) is 6.92 Å². The highest BCUT2D eigenvalue weighted by molar-refractivity contribution is 5.88. The van der Waals surface area contributed by atoms with Gasteiger partial charge in [-0.2, -0.15) is 0 Å². The van der Waals surface area contributed by atoms with Gasteiger partial charge in [0.25, 0.3) is 0 Å². The third-order valence-corrected chi connectivity index (χ3v) is 3.46. The summed E-state index contributed by atoms with van der Waals surface area (Å²) in [5.74, 6) is 1.32. The first-order valence-electron chi connectivity index (χ1n) is 7.47. The summed E-state index contributed by atoms with van der Waals surface area (Å²) in [6.07, 6.45) is 0. The largest absolute Gasteiger partial charge is 0.353 e. The molecule has 1 aromatic heterocycles. The molecule has 0 radical (unpaired) electrons. The number of carbonyl (C=O) groups excluding carboxylic acids is 1. The smallest absolute Gasteiger partial charge is 0.320 e. The summed E-state index contributed by atoms with van der Waals surface area (Å²) in [7, 11) is 0. The molecule has 116 valence electrons. The van der Waals surface area contributed by atoms with Crippen molar-refractivity contribution in [2.45, 2.75) is 26.8 Å². The minimum Gasteiger partial charge on any atom is -0.353 e. The SMILES string of the molecule is CCN1CCN(c2ccc(NC(=O)NC(C)C)nn2)CC1. The summed E-state index contributed by atoms with van der Waals surface area (Å²) >= 11 is 0. The molecule has 0 bridgehead atoms. The van der Waals surface area contributed by atoms with Crippen molar-refractivity contribution < 1.29 is 4.79 Å². The van der Waals surface area contributed by atoms with Crippen LogP contribution in [0, 0.1) is 0 Å². The van der Waals surface area contributed by atoms with Crippen molar-refractivity contribution in [2.24, 2.45) is 0 Å². The number of piperazine rings is 1. The Bertz CT molecular complexity index is 453. The van der Waals surface area contributed by atoms with Crippen molar-refractivity contribution in [3.8, 4) is 0 Å². The van der Waals surface area contributed by atoms with Crippen LogP contribution in [0.3, 0.4) is 0 Å². The molecule has 21 heavy (non-hydrogen) atoms. The Hall–Kier alpha value is -1.89. The molecule has 1 fully saturated rings. The minimum absolute atomic E-state index is 0.0899. The van der Waals surface area contributed by atoms with E-state index in [1.807, 2.05) is 19.9 Å².